The number of hydrogen-bond acceptors (Lipinski definition) is 3. The maximum atomic E-state index is 14.1. The van der Waals surface area contributed by atoms with Crippen LogP contribution in [0.3, 0.4) is 0 Å². The van der Waals surface area contributed by atoms with E-state index in [0.717, 1.165) is 6.07 Å². The van der Waals surface area contributed by atoms with Crippen molar-refractivity contribution in [3.63, 3.8) is 0 Å². The highest BCUT2D eigenvalue weighted by Crippen LogP contribution is 2.49. The fourth-order valence-electron chi connectivity index (χ4n) is 2.13. The lowest BCUT2D eigenvalue weighted by atomic mass is 9.95. The van der Waals surface area contributed by atoms with Crippen molar-refractivity contribution in [1.29, 1.82) is 0 Å². The van der Waals surface area contributed by atoms with Crippen molar-refractivity contribution < 1.29 is 23.8 Å². The molecule has 0 spiro atoms. The van der Waals surface area contributed by atoms with Gasteiger partial charge in [-0.3, -0.25) is 10.1 Å². The third-order valence-electron chi connectivity index (χ3n) is 3.29. The summed E-state index contributed by atoms with van der Waals surface area (Å²) in [5, 5.41) is 11.6. The fourth-order valence-corrected chi connectivity index (χ4v) is 2.13. The average Bonchev–Trinajstić information content (AvgIpc) is 3.07. The van der Waals surface area contributed by atoms with Gasteiger partial charge >= 0.3 is 12.1 Å². The monoisotopic (exact) mass is 295 g/mol. The van der Waals surface area contributed by atoms with Crippen molar-refractivity contribution in [1.82, 2.24) is 0 Å². The Hall–Kier alpha value is -2.11. The Labute approximate surface area is 122 Å². The Kier molecular flexibility index (Phi) is 3.65. The Morgan fingerprint density at radius 2 is 1.95 bits per heavy atom. The first kappa shape index (κ1) is 15.3. The van der Waals surface area contributed by atoms with Crippen molar-refractivity contribution in [3.05, 3.63) is 29.6 Å². The van der Waals surface area contributed by atoms with Crippen LogP contribution < -0.4 is 5.32 Å². The van der Waals surface area contributed by atoms with Gasteiger partial charge in [0.1, 0.15) is 11.4 Å². The summed E-state index contributed by atoms with van der Waals surface area (Å²) < 4.78 is 19.1. The van der Waals surface area contributed by atoms with Gasteiger partial charge in [-0.25, -0.2) is 9.18 Å². The van der Waals surface area contributed by atoms with Gasteiger partial charge in [0, 0.05) is 11.3 Å². The first-order chi connectivity index (χ1) is 9.64. The third kappa shape index (κ3) is 3.32. The van der Waals surface area contributed by atoms with Crippen LogP contribution in [0.25, 0.3) is 0 Å². The van der Waals surface area contributed by atoms with Crippen LogP contribution >= 0.6 is 0 Å². The molecular formula is C15H18FNO4. The lowest BCUT2D eigenvalue weighted by Crippen LogP contribution is -2.27. The number of carboxylic acid groups (broad SMARTS) is 1. The molecule has 0 saturated heterocycles. The Balaban J connectivity index is 2.13. The predicted octanol–water partition coefficient (Wildman–Crippen LogP) is 3.29. The van der Waals surface area contributed by atoms with Crippen molar-refractivity contribution in [2.75, 3.05) is 5.32 Å². The van der Waals surface area contributed by atoms with Gasteiger partial charge in [0.25, 0.3) is 0 Å². The Morgan fingerprint density at radius 3 is 2.38 bits per heavy atom. The van der Waals surface area contributed by atoms with Gasteiger partial charge in [0.05, 0.1) is 5.41 Å². The number of hydrogen-bond donors (Lipinski definition) is 2. The Morgan fingerprint density at radius 1 is 1.33 bits per heavy atom. The summed E-state index contributed by atoms with van der Waals surface area (Å²) in [6, 6.07) is 4.00. The molecule has 1 fully saturated rings. The van der Waals surface area contributed by atoms with E-state index >= 15 is 0 Å². The Bertz CT molecular complexity index is 588. The minimum absolute atomic E-state index is 0.157. The first-order valence-electron chi connectivity index (χ1n) is 6.67. The molecule has 0 atom stereocenters. The molecule has 0 aliphatic heterocycles. The van der Waals surface area contributed by atoms with Crippen molar-refractivity contribution in [2.24, 2.45) is 0 Å². The number of carboxylic acids is 1. The number of carbonyl (C=O) groups excluding carboxylic acids is 1. The number of anilines is 1. The summed E-state index contributed by atoms with van der Waals surface area (Å²) in [7, 11) is 0. The molecule has 1 aromatic rings. The zero-order valence-electron chi connectivity index (χ0n) is 12.2. The molecule has 1 saturated carbocycles. The van der Waals surface area contributed by atoms with E-state index < -0.39 is 28.9 Å². The van der Waals surface area contributed by atoms with Crippen LogP contribution in [-0.2, 0) is 14.9 Å². The zero-order chi connectivity index (χ0) is 15.8. The highest BCUT2D eigenvalue weighted by atomic mass is 19.1. The van der Waals surface area contributed by atoms with Crippen LogP contribution in [0.15, 0.2) is 18.2 Å². The first-order valence-corrected chi connectivity index (χ1v) is 6.67. The molecule has 114 valence electrons. The van der Waals surface area contributed by atoms with Gasteiger partial charge in [-0.1, -0.05) is 6.07 Å². The van der Waals surface area contributed by atoms with Crippen LogP contribution in [-0.4, -0.2) is 22.8 Å². The molecule has 1 aliphatic carbocycles. The number of halogens is 1. The second kappa shape index (κ2) is 5.02. The molecule has 0 radical (unpaired) electrons. The second-order valence-corrected chi connectivity index (χ2v) is 6.21. The van der Waals surface area contributed by atoms with Crippen LogP contribution in [0.1, 0.15) is 39.2 Å². The van der Waals surface area contributed by atoms with Gasteiger partial charge in [-0.15, -0.1) is 0 Å². The summed E-state index contributed by atoms with van der Waals surface area (Å²) in [6.07, 6.45) is 0.171. The zero-order valence-corrected chi connectivity index (χ0v) is 12.2. The maximum Gasteiger partial charge on any atom is 0.412 e. The second-order valence-electron chi connectivity index (χ2n) is 6.21. The molecule has 6 heteroatoms. The number of rotatable bonds is 3. The lowest BCUT2D eigenvalue weighted by Gasteiger charge is -2.20. The van der Waals surface area contributed by atoms with Gasteiger partial charge in [0.2, 0.25) is 0 Å². The number of nitrogens with one attached hydrogen (secondary N) is 1. The highest BCUT2D eigenvalue weighted by Gasteiger charge is 2.53. The van der Waals surface area contributed by atoms with E-state index in [1.165, 1.54) is 12.1 Å². The number of carbonyl (C=O) groups is 2. The molecule has 0 heterocycles. The molecule has 1 amide bonds. The molecule has 2 rings (SSSR count). The molecule has 1 aliphatic rings. The van der Waals surface area contributed by atoms with Crippen LogP contribution in [0, 0.1) is 5.82 Å². The topological polar surface area (TPSA) is 75.6 Å². The normalized spacial score (nSPS) is 16.2. The SMILES string of the molecule is CC(C)(C)OC(=O)Nc1ccc(C2(C(=O)O)CC2)c(F)c1. The average molecular weight is 295 g/mol. The number of ether oxygens (including phenoxy) is 1. The minimum atomic E-state index is -1.10. The van der Waals surface area contributed by atoms with Crippen LogP contribution in [0.5, 0.6) is 0 Å². The summed E-state index contributed by atoms with van der Waals surface area (Å²) in [4.78, 5) is 22.8. The molecule has 21 heavy (non-hydrogen) atoms. The highest BCUT2D eigenvalue weighted by molar-refractivity contribution is 5.87. The number of benzene rings is 1. The van der Waals surface area contributed by atoms with Crippen molar-refractivity contribution in [2.45, 2.75) is 44.6 Å². The smallest absolute Gasteiger partial charge is 0.412 e. The van der Waals surface area contributed by atoms with Crippen molar-refractivity contribution >= 4 is 17.7 Å². The standard InChI is InChI=1S/C15H18FNO4/c1-14(2,3)21-13(20)17-9-4-5-10(11(16)8-9)15(6-7-15)12(18)19/h4-5,8H,6-7H2,1-3H3,(H,17,20)(H,18,19). The third-order valence-corrected chi connectivity index (χ3v) is 3.29. The van der Waals surface area contributed by atoms with E-state index in [2.05, 4.69) is 5.32 Å². The molecule has 1 aromatic carbocycles. The van der Waals surface area contributed by atoms with Crippen LogP contribution in [0.4, 0.5) is 14.9 Å². The summed E-state index contributed by atoms with van der Waals surface area (Å²) in [5.74, 6) is -1.65. The quantitative estimate of drug-likeness (QED) is 0.897. The summed E-state index contributed by atoms with van der Waals surface area (Å²) >= 11 is 0. The van der Waals surface area contributed by atoms with E-state index in [9.17, 15) is 14.0 Å². The molecule has 5 nitrogen and oxygen atoms in total. The number of amides is 1. The number of aliphatic carboxylic acids is 1. The molecular weight excluding hydrogens is 277 g/mol. The molecule has 0 unspecified atom stereocenters. The molecule has 0 bridgehead atoms. The minimum Gasteiger partial charge on any atom is -0.481 e. The fraction of sp³-hybridized carbons (Fsp3) is 0.467. The predicted molar refractivity (Wildman–Crippen MR) is 74.8 cm³/mol. The van der Waals surface area contributed by atoms with E-state index in [-0.39, 0.29) is 11.3 Å². The lowest BCUT2D eigenvalue weighted by molar-refractivity contribution is -0.140. The maximum absolute atomic E-state index is 14.1. The van der Waals surface area contributed by atoms with E-state index in [4.69, 9.17) is 9.84 Å². The largest absolute Gasteiger partial charge is 0.481 e. The van der Waals surface area contributed by atoms with E-state index in [0.29, 0.717) is 12.8 Å². The molecule has 2 N–H and O–H groups in total. The van der Waals surface area contributed by atoms with Gasteiger partial charge in [-0.05, 0) is 45.7 Å². The summed E-state index contributed by atoms with van der Waals surface area (Å²) in [6.45, 7) is 5.17. The van der Waals surface area contributed by atoms with Gasteiger partial charge in [0.15, 0.2) is 0 Å². The van der Waals surface area contributed by atoms with E-state index in [1.807, 2.05) is 0 Å². The van der Waals surface area contributed by atoms with Gasteiger partial charge in [-0.2, -0.15) is 0 Å². The van der Waals surface area contributed by atoms with Gasteiger partial charge < -0.3 is 9.84 Å². The van der Waals surface area contributed by atoms with Crippen molar-refractivity contribution in [3.8, 4) is 0 Å². The van der Waals surface area contributed by atoms with E-state index in [1.54, 1.807) is 20.8 Å². The van der Waals surface area contributed by atoms with Crippen LogP contribution in [0.2, 0.25) is 0 Å². The summed E-state index contributed by atoms with van der Waals surface area (Å²) in [5.41, 5.74) is -1.37. The molecule has 0 aromatic heterocycles.